The predicted octanol–water partition coefficient (Wildman–Crippen LogP) is 3.45. The molecule has 1 rings (SSSR count). The molecule has 1 atom stereocenters. The molecule has 2 nitrogen and oxygen atoms in total. The molecule has 0 aliphatic carbocycles. The van der Waals surface area contributed by atoms with E-state index < -0.39 is 0 Å². The third-order valence-corrected chi connectivity index (χ3v) is 4.54. The van der Waals surface area contributed by atoms with Gasteiger partial charge in [-0.2, -0.15) is 0 Å². The summed E-state index contributed by atoms with van der Waals surface area (Å²) in [4.78, 5) is 13.9. The van der Waals surface area contributed by atoms with Crippen LogP contribution in [0.5, 0.6) is 0 Å². The third kappa shape index (κ3) is 3.22. The maximum Gasteiger partial charge on any atom is 0.261 e. The van der Waals surface area contributed by atoms with E-state index in [0.717, 1.165) is 17.7 Å². The summed E-state index contributed by atoms with van der Waals surface area (Å²) in [6.07, 6.45) is 1.80. The molecule has 1 aromatic rings. The highest BCUT2D eigenvalue weighted by Gasteiger charge is 2.24. The van der Waals surface area contributed by atoms with E-state index in [-0.39, 0.29) is 11.4 Å². The van der Waals surface area contributed by atoms with Crippen molar-refractivity contribution in [2.24, 2.45) is 0 Å². The van der Waals surface area contributed by atoms with Gasteiger partial charge in [-0.15, -0.1) is 22.9 Å². The van der Waals surface area contributed by atoms with Crippen LogP contribution in [0.4, 0.5) is 0 Å². The maximum absolute atomic E-state index is 11.9. The van der Waals surface area contributed by atoms with Crippen LogP contribution in [0, 0.1) is 0 Å². The van der Waals surface area contributed by atoms with Crippen molar-refractivity contribution in [2.75, 3.05) is 5.88 Å². The topological polar surface area (TPSA) is 29.1 Å². The SMILES string of the molecule is CCc1ccc(C(=O)NC(C)(CC)CCl)s1. The summed E-state index contributed by atoms with van der Waals surface area (Å²) in [7, 11) is 0. The summed E-state index contributed by atoms with van der Waals surface area (Å²) in [5.41, 5.74) is -0.311. The molecule has 1 N–H and O–H groups in total. The standard InChI is InChI=1S/C12H18ClNOS/c1-4-9-6-7-10(16-9)11(15)14-12(3,5-2)8-13/h6-7H,4-5,8H2,1-3H3,(H,14,15). The van der Waals surface area contributed by atoms with E-state index in [9.17, 15) is 4.79 Å². The summed E-state index contributed by atoms with van der Waals surface area (Å²) in [6, 6.07) is 3.88. The van der Waals surface area contributed by atoms with Gasteiger partial charge in [0.05, 0.1) is 10.4 Å². The second-order valence-corrected chi connectivity index (χ2v) is 5.56. The summed E-state index contributed by atoms with van der Waals surface area (Å²) < 4.78 is 0. The fourth-order valence-corrected chi connectivity index (χ4v) is 2.34. The Bertz CT molecular complexity index is 358. The van der Waals surface area contributed by atoms with Gasteiger partial charge in [0.25, 0.3) is 5.91 Å². The minimum absolute atomic E-state index is 0.0188. The van der Waals surface area contributed by atoms with Crippen LogP contribution in [0.1, 0.15) is 41.7 Å². The molecule has 0 fully saturated rings. The maximum atomic E-state index is 11.9. The van der Waals surface area contributed by atoms with Crippen molar-refractivity contribution in [3.8, 4) is 0 Å². The lowest BCUT2D eigenvalue weighted by Crippen LogP contribution is -2.46. The van der Waals surface area contributed by atoms with Gasteiger partial charge in [0.1, 0.15) is 0 Å². The highest BCUT2D eigenvalue weighted by Crippen LogP contribution is 2.19. The Morgan fingerprint density at radius 3 is 2.62 bits per heavy atom. The van der Waals surface area contributed by atoms with Gasteiger partial charge in [0.15, 0.2) is 0 Å². The Hall–Kier alpha value is -0.540. The van der Waals surface area contributed by atoms with Crippen molar-refractivity contribution in [1.82, 2.24) is 5.32 Å². The first-order valence-corrected chi connectivity index (χ1v) is 6.87. The number of carbonyl (C=O) groups excluding carboxylic acids is 1. The molecule has 1 unspecified atom stereocenters. The number of thiophene rings is 1. The van der Waals surface area contributed by atoms with Crippen molar-refractivity contribution >= 4 is 28.8 Å². The molecular weight excluding hydrogens is 242 g/mol. The van der Waals surface area contributed by atoms with E-state index >= 15 is 0 Å². The fourth-order valence-electron chi connectivity index (χ4n) is 1.24. The van der Waals surface area contributed by atoms with Crippen LogP contribution < -0.4 is 5.32 Å². The number of alkyl halides is 1. The molecule has 0 spiro atoms. The van der Waals surface area contributed by atoms with E-state index in [2.05, 4.69) is 12.2 Å². The number of carbonyl (C=O) groups is 1. The third-order valence-electron chi connectivity index (χ3n) is 2.72. The molecule has 90 valence electrons. The predicted molar refractivity (Wildman–Crippen MR) is 70.6 cm³/mol. The van der Waals surface area contributed by atoms with E-state index in [1.54, 1.807) is 11.3 Å². The molecule has 0 aliphatic heterocycles. The average molecular weight is 260 g/mol. The lowest BCUT2D eigenvalue weighted by atomic mass is 10.0. The zero-order chi connectivity index (χ0) is 12.2. The first-order valence-electron chi connectivity index (χ1n) is 5.52. The number of aryl methyl sites for hydroxylation is 1. The van der Waals surface area contributed by atoms with Gasteiger partial charge in [-0.3, -0.25) is 4.79 Å². The van der Waals surface area contributed by atoms with Crippen LogP contribution in [0.3, 0.4) is 0 Å². The number of hydrogen-bond donors (Lipinski definition) is 1. The van der Waals surface area contributed by atoms with Crippen LogP contribution in [0.25, 0.3) is 0 Å². The summed E-state index contributed by atoms with van der Waals surface area (Å²) >= 11 is 7.41. The highest BCUT2D eigenvalue weighted by atomic mass is 35.5. The van der Waals surface area contributed by atoms with Gasteiger partial charge in [-0.1, -0.05) is 13.8 Å². The van der Waals surface area contributed by atoms with Gasteiger partial charge in [-0.05, 0) is 31.9 Å². The van der Waals surface area contributed by atoms with Crippen LogP contribution in [-0.4, -0.2) is 17.3 Å². The Morgan fingerprint density at radius 1 is 1.50 bits per heavy atom. The second-order valence-electron chi connectivity index (χ2n) is 4.12. The van der Waals surface area contributed by atoms with Crippen LogP contribution in [0.2, 0.25) is 0 Å². The molecule has 0 saturated carbocycles. The van der Waals surface area contributed by atoms with Crippen molar-refractivity contribution in [2.45, 2.75) is 39.2 Å². The van der Waals surface area contributed by atoms with Crippen LogP contribution in [0.15, 0.2) is 12.1 Å². The second kappa shape index (κ2) is 5.69. The van der Waals surface area contributed by atoms with Gasteiger partial charge < -0.3 is 5.32 Å². The number of nitrogens with one attached hydrogen (secondary N) is 1. The number of halogens is 1. The zero-order valence-corrected chi connectivity index (χ0v) is 11.5. The summed E-state index contributed by atoms with van der Waals surface area (Å²) in [5.74, 6) is 0.413. The van der Waals surface area contributed by atoms with Crippen molar-refractivity contribution in [3.05, 3.63) is 21.9 Å². The summed E-state index contributed by atoms with van der Waals surface area (Å²) in [6.45, 7) is 6.07. The molecular formula is C12H18ClNOS. The lowest BCUT2D eigenvalue weighted by molar-refractivity contribution is 0.0916. The van der Waals surface area contributed by atoms with Crippen LogP contribution >= 0.6 is 22.9 Å². The quantitative estimate of drug-likeness (QED) is 0.807. The molecule has 0 bridgehead atoms. The summed E-state index contributed by atoms with van der Waals surface area (Å²) in [5, 5.41) is 2.99. The van der Waals surface area contributed by atoms with Gasteiger partial charge >= 0.3 is 0 Å². The molecule has 16 heavy (non-hydrogen) atoms. The van der Waals surface area contributed by atoms with Crippen molar-refractivity contribution < 1.29 is 4.79 Å². The molecule has 1 heterocycles. The Labute approximate surface area is 106 Å². The van der Waals surface area contributed by atoms with Gasteiger partial charge in [0, 0.05) is 10.8 Å². The molecule has 0 saturated heterocycles. The first kappa shape index (κ1) is 13.5. The largest absolute Gasteiger partial charge is 0.345 e. The van der Waals surface area contributed by atoms with E-state index in [1.807, 2.05) is 26.0 Å². The fraction of sp³-hybridized carbons (Fsp3) is 0.583. The van der Waals surface area contributed by atoms with E-state index in [4.69, 9.17) is 11.6 Å². The molecule has 0 radical (unpaired) electrons. The minimum Gasteiger partial charge on any atom is -0.345 e. The average Bonchev–Trinajstić information content (AvgIpc) is 2.77. The number of amides is 1. The molecule has 0 aromatic carbocycles. The molecule has 4 heteroatoms. The van der Waals surface area contributed by atoms with E-state index in [0.29, 0.717) is 5.88 Å². The zero-order valence-electron chi connectivity index (χ0n) is 9.97. The Kier molecular flexibility index (Phi) is 4.81. The Balaban J connectivity index is 2.71. The molecule has 1 amide bonds. The van der Waals surface area contributed by atoms with Gasteiger partial charge in [0.2, 0.25) is 0 Å². The van der Waals surface area contributed by atoms with Gasteiger partial charge in [-0.25, -0.2) is 0 Å². The molecule has 0 aliphatic rings. The minimum atomic E-state index is -0.311. The monoisotopic (exact) mass is 259 g/mol. The Morgan fingerprint density at radius 2 is 2.19 bits per heavy atom. The van der Waals surface area contributed by atoms with Crippen LogP contribution in [-0.2, 0) is 6.42 Å². The number of hydrogen-bond acceptors (Lipinski definition) is 2. The highest BCUT2D eigenvalue weighted by molar-refractivity contribution is 7.14. The van der Waals surface area contributed by atoms with E-state index in [1.165, 1.54) is 4.88 Å². The normalized spacial score (nSPS) is 14.5. The number of rotatable bonds is 5. The smallest absolute Gasteiger partial charge is 0.261 e. The lowest BCUT2D eigenvalue weighted by Gasteiger charge is -2.26. The first-order chi connectivity index (χ1) is 7.54. The van der Waals surface area contributed by atoms with Crippen molar-refractivity contribution in [1.29, 1.82) is 0 Å². The molecule has 1 aromatic heterocycles. The van der Waals surface area contributed by atoms with Crippen molar-refractivity contribution in [3.63, 3.8) is 0 Å².